The second-order valence-electron chi connectivity index (χ2n) is 9.50. The number of unbranched alkanes of at least 4 members (excludes halogenated alkanes) is 15. The fraction of sp³-hybridized carbons (Fsp3) is 1.00. The van der Waals surface area contributed by atoms with Gasteiger partial charge in [0.05, 0.1) is 0 Å². The molecule has 0 aromatic rings. The van der Waals surface area contributed by atoms with Gasteiger partial charge in [-0.05, 0) is 0 Å². The molecule has 0 heterocycles. The van der Waals surface area contributed by atoms with Gasteiger partial charge in [0.25, 0.3) is 0 Å². The van der Waals surface area contributed by atoms with Crippen LogP contribution in [0.2, 0.25) is 0 Å². The number of hydrogen-bond acceptors (Lipinski definition) is 3. The second kappa shape index (κ2) is 14.3. The van der Waals surface area contributed by atoms with Crippen molar-refractivity contribution in [2.24, 2.45) is 0 Å². The molecule has 6 heteroatoms. The fourth-order valence-corrected chi connectivity index (χ4v) is 7.98. The molecule has 0 radical (unpaired) electrons. The molecule has 0 aliphatic heterocycles. The standard InChI is InChI=1S/C21H47O4PS/c1-5-6-7-8-9-10-11-12-13-14-15-16-17-18-19-20-21-26(2,3,4)25-27(22,23)24/h5-21H2,1-4H3,(H,22,23,24). The van der Waals surface area contributed by atoms with Gasteiger partial charge in [-0.1, -0.05) is 39.0 Å². The number of hydrogen-bond donors (Lipinski definition) is 1. The summed E-state index contributed by atoms with van der Waals surface area (Å²) >= 11 is 0. The Hall–Kier alpha value is 0.300. The van der Waals surface area contributed by atoms with Crippen molar-refractivity contribution in [1.29, 1.82) is 0 Å². The molecule has 0 rings (SSSR count). The predicted molar refractivity (Wildman–Crippen MR) is 122 cm³/mol. The third-order valence-corrected chi connectivity index (χ3v) is 9.95. The quantitative estimate of drug-likeness (QED) is 0.132. The van der Waals surface area contributed by atoms with Gasteiger partial charge in [-0.15, -0.1) is 0 Å². The predicted octanol–water partition coefficient (Wildman–Crippen LogP) is 7.43. The van der Waals surface area contributed by atoms with E-state index >= 15 is 0 Å². The van der Waals surface area contributed by atoms with E-state index < -0.39 is 17.2 Å². The first-order valence-corrected chi connectivity index (χ1v) is 16.3. The topological polar surface area (TPSA) is 63.6 Å². The third kappa shape index (κ3) is 20.8. The summed E-state index contributed by atoms with van der Waals surface area (Å²) < 4.78 is 35.9. The molecule has 0 bridgehead atoms. The Morgan fingerprint density at radius 3 is 1.22 bits per heavy atom. The van der Waals surface area contributed by atoms with Crippen molar-refractivity contribution in [1.82, 2.24) is 0 Å². The van der Waals surface area contributed by atoms with Crippen LogP contribution in [0.25, 0.3) is 0 Å². The molecule has 0 saturated heterocycles. The van der Waals surface area contributed by atoms with Crippen LogP contribution >= 0.6 is 6.83 Å². The van der Waals surface area contributed by atoms with Gasteiger partial charge >= 0.3 is 131 Å². The Balaban J connectivity index is 3.41. The van der Waals surface area contributed by atoms with Gasteiger partial charge in [0.2, 0.25) is 0 Å². The van der Waals surface area contributed by atoms with Crippen molar-refractivity contribution >= 4 is 17.2 Å². The van der Waals surface area contributed by atoms with E-state index in [-0.39, 0.29) is 0 Å². The average Bonchev–Trinajstić information content (AvgIpc) is 2.51. The van der Waals surface area contributed by atoms with Crippen LogP contribution in [0.5, 0.6) is 0 Å². The zero-order valence-corrected chi connectivity index (χ0v) is 20.3. The van der Waals surface area contributed by atoms with Crippen LogP contribution in [-0.4, -0.2) is 39.1 Å². The first-order chi connectivity index (χ1) is 12.5. The Kier molecular flexibility index (Phi) is 14.5. The van der Waals surface area contributed by atoms with Crippen LogP contribution in [-0.2, 0) is 14.4 Å². The molecule has 166 valence electrons. The Morgan fingerprint density at radius 1 is 0.630 bits per heavy atom. The Bertz CT molecular complexity index is 455. The fourth-order valence-electron chi connectivity index (χ4n) is 3.59. The molecule has 0 atom stereocenters. The van der Waals surface area contributed by atoms with Gasteiger partial charge in [0.1, 0.15) is 0 Å². The van der Waals surface area contributed by atoms with Crippen molar-refractivity contribution in [3.05, 3.63) is 0 Å². The van der Waals surface area contributed by atoms with E-state index in [9.17, 15) is 8.42 Å². The van der Waals surface area contributed by atoms with Crippen molar-refractivity contribution in [3.63, 3.8) is 0 Å². The average molecular weight is 427 g/mol. The summed E-state index contributed by atoms with van der Waals surface area (Å²) in [6.45, 7) is 5.07. The number of rotatable bonds is 19. The van der Waals surface area contributed by atoms with Crippen LogP contribution in [0.1, 0.15) is 110 Å². The summed E-state index contributed by atoms with van der Waals surface area (Å²) in [5.74, 6) is 0. The van der Waals surface area contributed by atoms with Crippen molar-refractivity contribution in [2.75, 3.05) is 26.2 Å². The van der Waals surface area contributed by atoms with Crippen molar-refractivity contribution < 1.29 is 16.9 Å². The zero-order chi connectivity index (χ0) is 20.7. The van der Waals surface area contributed by atoms with Crippen LogP contribution in [0.3, 0.4) is 0 Å². The van der Waals surface area contributed by atoms with Crippen molar-refractivity contribution in [3.8, 4) is 0 Å². The van der Waals surface area contributed by atoms with E-state index in [1.54, 1.807) is 0 Å². The molecule has 0 fully saturated rings. The SMILES string of the molecule is CCCCCCCCCCCCCCCCCCP(C)(C)(C)OS(=O)(=O)O. The van der Waals surface area contributed by atoms with Crippen LogP contribution < -0.4 is 0 Å². The van der Waals surface area contributed by atoms with Gasteiger partial charge in [0.15, 0.2) is 0 Å². The third-order valence-electron chi connectivity index (χ3n) is 5.14. The molecule has 0 aromatic heterocycles. The van der Waals surface area contributed by atoms with Gasteiger partial charge in [-0.3, -0.25) is 0 Å². The van der Waals surface area contributed by atoms with Crippen LogP contribution in [0, 0.1) is 0 Å². The summed E-state index contributed by atoms with van der Waals surface area (Å²) in [6, 6.07) is 0. The molecule has 4 nitrogen and oxygen atoms in total. The van der Waals surface area contributed by atoms with E-state index in [2.05, 4.69) is 6.92 Å². The van der Waals surface area contributed by atoms with E-state index in [4.69, 9.17) is 8.52 Å². The molecule has 27 heavy (non-hydrogen) atoms. The molecule has 0 aromatic carbocycles. The molecule has 0 aliphatic carbocycles. The minimum absolute atomic E-state index is 0.740. The van der Waals surface area contributed by atoms with E-state index in [0.717, 1.165) is 19.0 Å². The molecular formula is C21H47O4PS. The minimum atomic E-state index is -4.35. The van der Waals surface area contributed by atoms with Crippen LogP contribution in [0.4, 0.5) is 0 Å². The maximum atomic E-state index is 11.0. The normalized spacial score (nSPS) is 14.2. The second-order valence-corrected chi connectivity index (χ2v) is 17.3. The summed E-state index contributed by atoms with van der Waals surface area (Å²) in [4.78, 5) is 0. The van der Waals surface area contributed by atoms with Gasteiger partial charge in [-0.2, -0.15) is 0 Å². The van der Waals surface area contributed by atoms with Gasteiger partial charge in [-0.25, -0.2) is 0 Å². The monoisotopic (exact) mass is 426 g/mol. The first-order valence-electron chi connectivity index (χ1n) is 11.2. The zero-order valence-electron chi connectivity index (χ0n) is 18.5. The molecule has 1 N–H and O–H groups in total. The van der Waals surface area contributed by atoms with E-state index in [1.165, 1.54) is 89.9 Å². The Labute approximate surface area is 170 Å². The van der Waals surface area contributed by atoms with E-state index in [0.29, 0.717) is 0 Å². The molecule has 0 unspecified atom stereocenters. The molecule has 0 aliphatic rings. The maximum absolute atomic E-state index is 11.0. The molecule has 0 spiro atoms. The molecular weight excluding hydrogens is 379 g/mol. The van der Waals surface area contributed by atoms with E-state index in [1.807, 2.05) is 20.0 Å². The molecule has 0 amide bonds. The van der Waals surface area contributed by atoms with Gasteiger partial charge < -0.3 is 0 Å². The Morgan fingerprint density at radius 2 is 0.926 bits per heavy atom. The summed E-state index contributed by atoms with van der Waals surface area (Å²) in [6.07, 6.45) is 21.9. The van der Waals surface area contributed by atoms with Crippen LogP contribution in [0.15, 0.2) is 0 Å². The van der Waals surface area contributed by atoms with Gasteiger partial charge in [0, 0.05) is 0 Å². The molecule has 0 saturated carbocycles. The summed E-state index contributed by atoms with van der Waals surface area (Å²) in [5.41, 5.74) is 0. The van der Waals surface area contributed by atoms with Crippen molar-refractivity contribution in [2.45, 2.75) is 110 Å². The summed E-state index contributed by atoms with van der Waals surface area (Å²) in [5, 5.41) is 0. The summed E-state index contributed by atoms with van der Waals surface area (Å²) in [7, 11) is -4.35. The first kappa shape index (κ1) is 27.3.